The molecule has 3 N–H and O–H groups in total. The Morgan fingerprint density at radius 2 is 1.68 bits per heavy atom. The van der Waals surface area contributed by atoms with Crippen molar-refractivity contribution in [3.05, 3.63) is 87.5 Å². The first kappa shape index (κ1) is 33.7. The van der Waals surface area contributed by atoms with Gasteiger partial charge in [-0.05, 0) is 62.4 Å². The van der Waals surface area contributed by atoms with E-state index in [1.54, 1.807) is 19.9 Å². The van der Waals surface area contributed by atoms with Gasteiger partial charge in [-0.1, -0.05) is 11.2 Å². The lowest BCUT2D eigenvalue weighted by Gasteiger charge is -2.22. The zero-order valence-electron chi connectivity index (χ0n) is 24.6. The maximum atomic E-state index is 13.8. The van der Waals surface area contributed by atoms with E-state index < -0.39 is 58.5 Å². The third kappa shape index (κ3) is 7.02. The monoisotopic (exact) mass is 683 g/mol. The highest BCUT2D eigenvalue weighted by atomic mass is 32.1. The van der Waals surface area contributed by atoms with Crippen LogP contribution in [-0.4, -0.2) is 41.4 Å². The molecule has 248 valence electrons. The number of nitrogens with one attached hydrogen (secondary N) is 2. The van der Waals surface area contributed by atoms with E-state index in [-0.39, 0.29) is 38.4 Å². The molecule has 1 aromatic heterocycles. The van der Waals surface area contributed by atoms with Crippen molar-refractivity contribution in [1.29, 1.82) is 0 Å². The second-order valence-corrected chi connectivity index (χ2v) is 12.1. The number of amides is 2. The van der Waals surface area contributed by atoms with Crippen LogP contribution >= 0.6 is 11.3 Å². The summed E-state index contributed by atoms with van der Waals surface area (Å²) in [5.41, 5.74) is -3.80. The summed E-state index contributed by atoms with van der Waals surface area (Å²) in [6.07, 6.45) is -10.3. The van der Waals surface area contributed by atoms with E-state index in [4.69, 9.17) is 9.57 Å². The predicted octanol–water partition coefficient (Wildman–Crippen LogP) is 7.86. The highest BCUT2D eigenvalue weighted by Gasteiger charge is 2.36. The van der Waals surface area contributed by atoms with E-state index in [0.29, 0.717) is 34.7 Å². The lowest BCUT2D eigenvalue weighted by molar-refractivity contribution is -0.140. The number of fused-ring (bicyclic) bond motifs is 1. The summed E-state index contributed by atoms with van der Waals surface area (Å²) in [5, 5.41) is 19.1. The standard InChI is InChI=1S/C31H24F7N3O5S/c1-29(2,44)24-13-21(41-46-24)14-4-9-22(45-3)18(10-14)27(42)40-25-17-7-5-15(30(33,34)35)11-23(17)47-26(25)28(43)39-16-6-8-20(32)19(12-16)31(36,37)38/h4-12,24,44H,13H2,1-3H3,(H,39,43)(H,40,42). The van der Waals surface area contributed by atoms with Gasteiger partial charge in [0.1, 0.15) is 16.4 Å². The number of oxime groups is 1. The molecule has 47 heavy (non-hydrogen) atoms. The number of halogens is 7. The van der Waals surface area contributed by atoms with Gasteiger partial charge < -0.3 is 25.3 Å². The molecule has 5 rings (SSSR count). The number of benzene rings is 3. The summed E-state index contributed by atoms with van der Waals surface area (Å²) in [4.78, 5) is 32.1. The fourth-order valence-electron chi connectivity index (χ4n) is 4.74. The number of ether oxygens (including phenoxy) is 1. The molecule has 1 aliphatic rings. The Bertz CT molecular complexity index is 1910. The van der Waals surface area contributed by atoms with Crippen molar-refractivity contribution in [2.75, 3.05) is 17.7 Å². The number of anilines is 2. The van der Waals surface area contributed by atoms with Gasteiger partial charge in [0.25, 0.3) is 11.8 Å². The van der Waals surface area contributed by atoms with Crippen molar-refractivity contribution in [2.45, 2.75) is 44.3 Å². The van der Waals surface area contributed by atoms with Crippen molar-refractivity contribution in [1.82, 2.24) is 0 Å². The minimum absolute atomic E-state index is 0.0355. The van der Waals surface area contributed by atoms with E-state index >= 15 is 0 Å². The fourth-order valence-corrected chi connectivity index (χ4v) is 5.83. The van der Waals surface area contributed by atoms with Crippen LogP contribution in [0.15, 0.2) is 59.8 Å². The molecule has 0 saturated carbocycles. The van der Waals surface area contributed by atoms with Crippen LogP contribution in [0.1, 0.15) is 57.0 Å². The van der Waals surface area contributed by atoms with Crippen LogP contribution in [0.25, 0.3) is 10.1 Å². The van der Waals surface area contributed by atoms with Gasteiger partial charge in [0.15, 0.2) is 6.10 Å². The molecule has 16 heteroatoms. The summed E-state index contributed by atoms with van der Waals surface area (Å²) >= 11 is 0.554. The van der Waals surface area contributed by atoms with Crippen LogP contribution in [-0.2, 0) is 17.2 Å². The van der Waals surface area contributed by atoms with Gasteiger partial charge in [-0.25, -0.2) is 4.39 Å². The molecule has 2 heterocycles. The van der Waals surface area contributed by atoms with Gasteiger partial charge in [-0.2, -0.15) is 26.3 Å². The van der Waals surface area contributed by atoms with E-state index in [0.717, 1.165) is 24.3 Å². The van der Waals surface area contributed by atoms with E-state index in [9.17, 15) is 45.4 Å². The molecule has 0 radical (unpaired) electrons. The van der Waals surface area contributed by atoms with Crippen molar-refractivity contribution >= 4 is 50.3 Å². The zero-order chi connectivity index (χ0) is 34.5. The molecule has 0 bridgehead atoms. The highest BCUT2D eigenvalue weighted by Crippen LogP contribution is 2.41. The fraction of sp³-hybridized carbons (Fsp3) is 0.258. The van der Waals surface area contributed by atoms with Crippen LogP contribution in [0.5, 0.6) is 5.75 Å². The Balaban J connectivity index is 1.53. The Morgan fingerprint density at radius 3 is 2.30 bits per heavy atom. The molecule has 3 aromatic carbocycles. The Morgan fingerprint density at radius 1 is 0.957 bits per heavy atom. The van der Waals surface area contributed by atoms with E-state index in [1.165, 1.54) is 19.2 Å². The first-order valence-corrected chi connectivity index (χ1v) is 14.4. The normalized spacial score (nSPS) is 15.3. The van der Waals surface area contributed by atoms with Crippen LogP contribution in [0.4, 0.5) is 42.1 Å². The van der Waals surface area contributed by atoms with Gasteiger partial charge in [0.05, 0.1) is 40.8 Å². The lowest BCUT2D eigenvalue weighted by atomic mass is 9.94. The molecular formula is C31H24F7N3O5S. The summed E-state index contributed by atoms with van der Waals surface area (Å²) in [5.74, 6) is -3.42. The van der Waals surface area contributed by atoms with Crippen molar-refractivity contribution in [2.24, 2.45) is 5.16 Å². The highest BCUT2D eigenvalue weighted by molar-refractivity contribution is 7.21. The third-order valence-corrected chi connectivity index (χ3v) is 8.38. The van der Waals surface area contributed by atoms with Gasteiger partial charge >= 0.3 is 12.4 Å². The smallest absolute Gasteiger partial charge is 0.419 e. The number of methoxy groups -OCH3 is 1. The maximum absolute atomic E-state index is 13.8. The van der Waals surface area contributed by atoms with Crippen molar-refractivity contribution in [3.63, 3.8) is 0 Å². The minimum atomic E-state index is -5.07. The third-order valence-electron chi connectivity index (χ3n) is 7.23. The molecule has 0 spiro atoms. The molecule has 2 amide bonds. The molecular weight excluding hydrogens is 659 g/mol. The molecule has 1 unspecified atom stereocenters. The molecule has 1 atom stereocenters. The van der Waals surface area contributed by atoms with Crippen LogP contribution in [0.2, 0.25) is 0 Å². The summed E-state index contributed by atoms with van der Waals surface area (Å²) in [6.45, 7) is 3.09. The number of hydrogen-bond acceptors (Lipinski definition) is 7. The first-order valence-electron chi connectivity index (χ1n) is 13.6. The van der Waals surface area contributed by atoms with Gasteiger partial charge in [0, 0.05) is 27.8 Å². The summed E-state index contributed by atoms with van der Waals surface area (Å²) < 4.78 is 99.4. The zero-order valence-corrected chi connectivity index (χ0v) is 25.4. The molecule has 8 nitrogen and oxygen atoms in total. The molecule has 0 fully saturated rings. The Kier molecular flexibility index (Phi) is 8.70. The number of alkyl halides is 6. The summed E-state index contributed by atoms with van der Waals surface area (Å²) in [7, 11) is 1.29. The van der Waals surface area contributed by atoms with Crippen LogP contribution in [0.3, 0.4) is 0 Å². The number of carbonyl (C=O) groups excluding carboxylic acids is 2. The number of nitrogens with zero attached hydrogens (tertiary/aromatic N) is 1. The Hall–Kier alpha value is -4.70. The molecule has 4 aromatic rings. The van der Waals surface area contributed by atoms with Gasteiger partial charge in [0.2, 0.25) is 0 Å². The Labute approximate surface area is 265 Å². The second-order valence-electron chi connectivity index (χ2n) is 11.0. The van der Waals surface area contributed by atoms with Crippen LogP contribution in [0, 0.1) is 5.82 Å². The number of thiophene rings is 1. The number of carbonyl (C=O) groups is 2. The second kappa shape index (κ2) is 12.2. The number of hydrogen-bond donors (Lipinski definition) is 3. The first-order chi connectivity index (χ1) is 21.9. The SMILES string of the molecule is COc1ccc(C2=NOC(C(C)(C)O)C2)cc1C(=O)Nc1c(C(=O)Nc2ccc(F)c(C(F)(F)F)c2)sc2cc(C(F)(F)F)ccc12. The van der Waals surface area contributed by atoms with Gasteiger partial charge in [-0.15, -0.1) is 11.3 Å². The topological polar surface area (TPSA) is 109 Å². The average molecular weight is 684 g/mol. The van der Waals surface area contributed by atoms with Crippen molar-refractivity contribution in [3.8, 4) is 5.75 Å². The van der Waals surface area contributed by atoms with E-state index in [1.807, 2.05) is 0 Å². The number of rotatable bonds is 7. The molecule has 1 aliphatic heterocycles. The largest absolute Gasteiger partial charge is 0.496 e. The van der Waals surface area contributed by atoms with Gasteiger partial charge in [-0.3, -0.25) is 9.59 Å². The number of aliphatic hydroxyl groups is 1. The summed E-state index contributed by atoms with van der Waals surface area (Å²) in [6, 6.07) is 8.80. The van der Waals surface area contributed by atoms with Crippen LogP contribution < -0.4 is 15.4 Å². The maximum Gasteiger partial charge on any atom is 0.419 e. The quantitative estimate of drug-likeness (QED) is 0.172. The lowest BCUT2D eigenvalue weighted by Crippen LogP contribution is -2.36. The molecule has 0 saturated heterocycles. The van der Waals surface area contributed by atoms with Crippen molar-refractivity contribution < 1.29 is 55.0 Å². The predicted molar refractivity (Wildman–Crippen MR) is 159 cm³/mol. The average Bonchev–Trinajstić information content (AvgIpc) is 3.63. The molecule has 0 aliphatic carbocycles. The minimum Gasteiger partial charge on any atom is -0.496 e. The van der Waals surface area contributed by atoms with E-state index in [2.05, 4.69) is 15.8 Å².